The molecule has 1 aromatic rings. The second-order valence-corrected chi connectivity index (χ2v) is 6.35. The molecule has 0 bridgehead atoms. The average Bonchev–Trinajstić information content (AvgIpc) is 2.89. The SMILES string of the molecule is CC(C)C[C@H](NC(=O)CC(NC(N)=O)c1cccs1)C(=O)O. The van der Waals surface area contributed by atoms with E-state index in [0.717, 1.165) is 4.88 Å². The van der Waals surface area contributed by atoms with Gasteiger partial charge in [-0.15, -0.1) is 11.3 Å². The lowest BCUT2D eigenvalue weighted by molar-refractivity contribution is -0.142. The number of carboxylic acids is 1. The Hall–Kier alpha value is -2.09. The first-order valence-corrected chi connectivity index (χ1v) is 7.79. The number of amides is 3. The summed E-state index contributed by atoms with van der Waals surface area (Å²) in [4.78, 5) is 35.1. The van der Waals surface area contributed by atoms with Crippen LogP contribution in [0.2, 0.25) is 0 Å². The zero-order chi connectivity index (χ0) is 16.7. The van der Waals surface area contributed by atoms with Crippen molar-refractivity contribution in [2.24, 2.45) is 11.7 Å². The normalized spacial score (nSPS) is 13.4. The van der Waals surface area contributed by atoms with E-state index in [9.17, 15) is 14.4 Å². The highest BCUT2D eigenvalue weighted by molar-refractivity contribution is 7.10. The first-order chi connectivity index (χ1) is 10.3. The van der Waals surface area contributed by atoms with Crippen molar-refractivity contribution in [1.82, 2.24) is 10.6 Å². The van der Waals surface area contributed by atoms with Crippen LogP contribution in [0.4, 0.5) is 4.79 Å². The molecule has 2 atom stereocenters. The van der Waals surface area contributed by atoms with Crippen LogP contribution >= 0.6 is 11.3 Å². The van der Waals surface area contributed by atoms with E-state index in [1.165, 1.54) is 11.3 Å². The van der Waals surface area contributed by atoms with Gasteiger partial charge in [-0.1, -0.05) is 19.9 Å². The molecule has 0 saturated carbocycles. The van der Waals surface area contributed by atoms with E-state index in [1.807, 2.05) is 19.2 Å². The molecule has 7 nitrogen and oxygen atoms in total. The molecule has 22 heavy (non-hydrogen) atoms. The minimum Gasteiger partial charge on any atom is -0.480 e. The van der Waals surface area contributed by atoms with Crippen LogP contribution in [0.15, 0.2) is 17.5 Å². The van der Waals surface area contributed by atoms with Crippen molar-refractivity contribution >= 4 is 29.2 Å². The number of hydrogen-bond acceptors (Lipinski definition) is 4. The Balaban J connectivity index is 2.70. The number of primary amides is 1. The number of nitrogens with one attached hydrogen (secondary N) is 2. The molecule has 0 fully saturated rings. The minimum atomic E-state index is -1.07. The Morgan fingerprint density at radius 1 is 1.32 bits per heavy atom. The molecule has 0 aromatic carbocycles. The molecule has 0 aliphatic rings. The Labute approximate surface area is 132 Å². The van der Waals surface area contributed by atoms with E-state index in [0.29, 0.717) is 6.42 Å². The van der Waals surface area contributed by atoms with E-state index in [2.05, 4.69) is 10.6 Å². The van der Waals surface area contributed by atoms with Crippen molar-refractivity contribution in [1.29, 1.82) is 0 Å². The first kappa shape index (κ1) is 18.0. The average molecular weight is 327 g/mol. The fourth-order valence-electron chi connectivity index (χ4n) is 2.02. The predicted octanol–water partition coefficient (Wildman–Crippen LogP) is 1.46. The summed E-state index contributed by atoms with van der Waals surface area (Å²) in [5.74, 6) is -1.38. The summed E-state index contributed by atoms with van der Waals surface area (Å²) in [6, 6.07) is 1.34. The lowest BCUT2D eigenvalue weighted by Gasteiger charge is -2.19. The Morgan fingerprint density at radius 3 is 2.45 bits per heavy atom. The van der Waals surface area contributed by atoms with Gasteiger partial charge in [-0.05, 0) is 23.8 Å². The molecule has 1 unspecified atom stereocenters. The van der Waals surface area contributed by atoms with Gasteiger partial charge in [0.05, 0.1) is 12.5 Å². The molecule has 3 amide bonds. The Morgan fingerprint density at radius 2 is 2.00 bits per heavy atom. The number of carbonyl (C=O) groups is 3. The van der Waals surface area contributed by atoms with Crippen LogP contribution in [0.5, 0.6) is 0 Å². The zero-order valence-corrected chi connectivity index (χ0v) is 13.4. The standard InChI is InChI=1S/C14H21N3O4S/c1-8(2)6-10(13(19)20)16-12(18)7-9(17-14(15)21)11-4-3-5-22-11/h3-5,8-10H,6-7H2,1-2H3,(H,16,18)(H,19,20)(H3,15,17,21)/t9?,10-/m0/s1. The molecule has 1 aromatic heterocycles. The lowest BCUT2D eigenvalue weighted by Crippen LogP contribution is -2.43. The molecule has 1 rings (SSSR count). The second kappa shape index (κ2) is 8.38. The number of hydrogen-bond donors (Lipinski definition) is 4. The van der Waals surface area contributed by atoms with Crippen molar-refractivity contribution in [3.63, 3.8) is 0 Å². The van der Waals surface area contributed by atoms with Gasteiger partial charge in [0.15, 0.2) is 0 Å². The maximum absolute atomic E-state index is 12.1. The first-order valence-electron chi connectivity index (χ1n) is 6.91. The highest BCUT2D eigenvalue weighted by Gasteiger charge is 2.24. The summed E-state index contributed by atoms with van der Waals surface area (Å²) in [6.45, 7) is 3.76. The molecule has 8 heteroatoms. The number of rotatable bonds is 8. The number of carbonyl (C=O) groups excluding carboxylic acids is 2. The number of thiophene rings is 1. The van der Waals surface area contributed by atoms with E-state index in [1.54, 1.807) is 12.1 Å². The summed E-state index contributed by atoms with van der Waals surface area (Å²) in [7, 11) is 0. The van der Waals surface area contributed by atoms with Crippen LogP contribution in [0.3, 0.4) is 0 Å². The third-order valence-electron chi connectivity index (χ3n) is 2.93. The van der Waals surface area contributed by atoms with Crippen LogP contribution < -0.4 is 16.4 Å². The minimum absolute atomic E-state index is 0.0642. The second-order valence-electron chi connectivity index (χ2n) is 5.37. The molecule has 0 saturated heterocycles. The van der Waals surface area contributed by atoms with Gasteiger partial charge < -0.3 is 21.5 Å². The van der Waals surface area contributed by atoms with Crippen LogP contribution in [-0.2, 0) is 9.59 Å². The largest absolute Gasteiger partial charge is 0.480 e. The monoisotopic (exact) mass is 327 g/mol. The summed E-state index contributed by atoms with van der Waals surface area (Å²) in [5.41, 5.74) is 5.12. The van der Waals surface area contributed by atoms with E-state index >= 15 is 0 Å². The quantitative estimate of drug-likeness (QED) is 0.577. The molecule has 0 aliphatic carbocycles. The Bertz CT molecular complexity index is 516. The van der Waals surface area contributed by atoms with Gasteiger partial charge >= 0.3 is 12.0 Å². The summed E-state index contributed by atoms with van der Waals surface area (Å²) < 4.78 is 0. The van der Waals surface area contributed by atoms with Crippen LogP contribution in [-0.4, -0.2) is 29.1 Å². The topological polar surface area (TPSA) is 122 Å². The van der Waals surface area contributed by atoms with Gasteiger partial charge in [-0.25, -0.2) is 9.59 Å². The molecule has 0 aliphatic heterocycles. The number of aliphatic carboxylic acids is 1. The van der Waals surface area contributed by atoms with E-state index < -0.39 is 30.0 Å². The van der Waals surface area contributed by atoms with Crippen molar-refractivity contribution in [3.05, 3.63) is 22.4 Å². The van der Waals surface area contributed by atoms with Crippen molar-refractivity contribution in [2.45, 2.75) is 38.8 Å². The smallest absolute Gasteiger partial charge is 0.326 e. The maximum atomic E-state index is 12.1. The molecule has 1 heterocycles. The van der Waals surface area contributed by atoms with E-state index in [-0.39, 0.29) is 12.3 Å². The maximum Gasteiger partial charge on any atom is 0.326 e. The molecule has 0 radical (unpaired) electrons. The predicted molar refractivity (Wildman–Crippen MR) is 83.4 cm³/mol. The van der Waals surface area contributed by atoms with Crippen molar-refractivity contribution in [2.75, 3.05) is 0 Å². The highest BCUT2D eigenvalue weighted by atomic mass is 32.1. The van der Waals surface area contributed by atoms with Gasteiger partial charge in [-0.3, -0.25) is 4.79 Å². The molecular weight excluding hydrogens is 306 g/mol. The summed E-state index contributed by atoms with van der Waals surface area (Å²) in [6.07, 6.45) is 0.277. The lowest BCUT2D eigenvalue weighted by atomic mass is 10.0. The molecular formula is C14H21N3O4S. The fraction of sp³-hybridized carbons (Fsp3) is 0.500. The van der Waals surface area contributed by atoms with E-state index in [4.69, 9.17) is 10.8 Å². The third-order valence-corrected chi connectivity index (χ3v) is 3.92. The summed E-state index contributed by atoms with van der Waals surface area (Å²) >= 11 is 1.38. The van der Waals surface area contributed by atoms with Crippen LogP contribution in [0.25, 0.3) is 0 Å². The fourth-order valence-corrected chi connectivity index (χ4v) is 2.79. The van der Waals surface area contributed by atoms with Crippen LogP contribution in [0, 0.1) is 5.92 Å². The number of carboxylic acid groups (broad SMARTS) is 1. The summed E-state index contributed by atoms with van der Waals surface area (Å²) in [5, 5.41) is 15.9. The van der Waals surface area contributed by atoms with Gasteiger partial charge in [0.2, 0.25) is 5.91 Å². The van der Waals surface area contributed by atoms with Gasteiger partial charge in [0, 0.05) is 4.88 Å². The molecule has 0 spiro atoms. The zero-order valence-electron chi connectivity index (χ0n) is 12.5. The highest BCUT2D eigenvalue weighted by Crippen LogP contribution is 2.22. The van der Waals surface area contributed by atoms with Crippen molar-refractivity contribution in [3.8, 4) is 0 Å². The number of nitrogens with two attached hydrogens (primary N) is 1. The van der Waals surface area contributed by atoms with Gasteiger partial charge in [0.1, 0.15) is 6.04 Å². The van der Waals surface area contributed by atoms with Gasteiger partial charge in [-0.2, -0.15) is 0 Å². The molecule has 122 valence electrons. The van der Waals surface area contributed by atoms with Crippen LogP contribution in [0.1, 0.15) is 37.6 Å². The Kier molecular flexibility index (Phi) is 6.84. The number of urea groups is 1. The third kappa shape index (κ3) is 6.13. The molecule has 5 N–H and O–H groups in total. The van der Waals surface area contributed by atoms with Gasteiger partial charge in [0.25, 0.3) is 0 Å². The van der Waals surface area contributed by atoms with Crippen molar-refractivity contribution < 1.29 is 19.5 Å².